The zero-order chi connectivity index (χ0) is 17.3. The van der Waals surface area contributed by atoms with Crippen LogP contribution in [-0.4, -0.2) is 29.8 Å². The van der Waals surface area contributed by atoms with Gasteiger partial charge in [-0.05, 0) is 35.9 Å². The third-order valence-electron chi connectivity index (χ3n) is 3.83. The van der Waals surface area contributed by atoms with Gasteiger partial charge in [-0.25, -0.2) is 0 Å². The number of carbonyl (C=O) groups excluding carboxylic acids is 2. The highest BCUT2D eigenvalue weighted by atomic mass is 35.5. The van der Waals surface area contributed by atoms with Gasteiger partial charge in [0.05, 0.1) is 10.0 Å². The third-order valence-corrected chi connectivity index (χ3v) is 4.82. The molecule has 1 saturated heterocycles. The van der Waals surface area contributed by atoms with Crippen molar-refractivity contribution in [1.29, 1.82) is 0 Å². The molecular weight excluding hydrogens is 371 g/mol. The van der Waals surface area contributed by atoms with Crippen molar-refractivity contribution < 1.29 is 9.59 Å². The average molecular weight is 384 g/mol. The summed E-state index contributed by atoms with van der Waals surface area (Å²) in [5, 5.41) is 4.03. The maximum Gasteiger partial charge on any atom is 0.254 e. The standard InChI is InChI=1S/C17H13Cl3N2O2/c18-12-4-1-10(2-5-12)15-16(23)21-7-8-22(15)17(24)11-3-6-13(19)14(20)9-11/h1-6,9,15H,7-8H2,(H,21,23). The van der Waals surface area contributed by atoms with E-state index in [0.717, 1.165) is 0 Å². The van der Waals surface area contributed by atoms with Gasteiger partial charge in [-0.2, -0.15) is 0 Å². The molecule has 0 bridgehead atoms. The first-order valence-electron chi connectivity index (χ1n) is 7.26. The van der Waals surface area contributed by atoms with E-state index >= 15 is 0 Å². The van der Waals surface area contributed by atoms with Crippen molar-refractivity contribution >= 4 is 46.6 Å². The van der Waals surface area contributed by atoms with Crippen LogP contribution in [0.1, 0.15) is 22.0 Å². The zero-order valence-corrected chi connectivity index (χ0v) is 14.7. The maximum atomic E-state index is 12.9. The van der Waals surface area contributed by atoms with E-state index in [1.54, 1.807) is 36.4 Å². The van der Waals surface area contributed by atoms with Gasteiger partial charge in [0.15, 0.2) is 0 Å². The number of piperazine rings is 1. The molecule has 2 aromatic carbocycles. The van der Waals surface area contributed by atoms with Crippen molar-refractivity contribution in [2.75, 3.05) is 13.1 Å². The summed E-state index contributed by atoms with van der Waals surface area (Å²) < 4.78 is 0. The van der Waals surface area contributed by atoms with Gasteiger partial charge in [0.1, 0.15) is 6.04 Å². The molecule has 0 saturated carbocycles. The molecule has 2 aromatic rings. The van der Waals surface area contributed by atoms with Crippen molar-refractivity contribution in [3.63, 3.8) is 0 Å². The Morgan fingerprint density at radius 2 is 1.75 bits per heavy atom. The van der Waals surface area contributed by atoms with Gasteiger partial charge in [0.2, 0.25) is 5.91 Å². The molecule has 3 rings (SSSR count). The molecule has 0 radical (unpaired) electrons. The normalized spacial score (nSPS) is 17.5. The Labute approximate surface area is 154 Å². The number of hydrogen-bond acceptors (Lipinski definition) is 2. The van der Waals surface area contributed by atoms with Crippen LogP contribution >= 0.6 is 34.8 Å². The highest BCUT2D eigenvalue weighted by Crippen LogP contribution is 2.28. The molecule has 1 unspecified atom stereocenters. The largest absolute Gasteiger partial charge is 0.352 e. The van der Waals surface area contributed by atoms with Gasteiger partial charge in [0, 0.05) is 23.7 Å². The molecule has 0 spiro atoms. The number of nitrogens with zero attached hydrogens (tertiary/aromatic N) is 1. The predicted molar refractivity (Wildman–Crippen MR) is 94.7 cm³/mol. The van der Waals surface area contributed by atoms with E-state index < -0.39 is 6.04 Å². The molecule has 0 aliphatic carbocycles. The lowest BCUT2D eigenvalue weighted by molar-refractivity contribution is -0.128. The van der Waals surface area contributed by atoms with Crippen molar-refractivity contribution in [2.24, 2.45) is 0 Å². The third kappa shape index (κ3) is 3.36. The second kappa shape index (κ2) is 7.01. The number of halogens is 3. The quantitative estimate of drug-likeness (QED) is 0.853. The molecule has 2 amide bonds. The molecule has 1 aliphatic rings. The Morgan fingerprint density at radius 3 is 2.42 bits per heavy atom. The molecule has 1 fully saturated rings. The van der Waals surface area contributed by atoms with Gasteiger partial charge >= 0.3 is 0 Å². The lowest BCUT2D eigenvalue weighted by Crippen LogP contribution is -2.52. The van der Waals surface area contributed by atoms with Crippen LogP contribution in [0, 0.1) is 0 Å². The van der Waals surface area contributed by atoms with E-state index in [-0.39, 0.29) is 11.8 Å². The summed E-state index contributed by atoms with van der Waals surface area (Å²) in [5.74, 6) is -0.500. The van der Waals surface area contributed by atoms with Crippen LogP contribution in [-0.2, 0) is 4.79 Å². The van der Waals surface area contributed by atoms with Crippen molar-refractivity contribution in [3.05, 3.63) is 68.7 Å². The predicted octanol–water partition coefficient (Wildman–Crippen LogP) is 3.96. The molecular formula is C17H13Cl3N2O2. The van der Waals surface area contributed by atoms with Crippen molar-refractivity contribution in [2.45, 2.75) is 6.04 Å². The molecule has 124 valence electrons. The van der Waals surface area contributed by atoms with Gasteiger partial charge < -0.3 is 10.2 Å². The fourth-order valence-corrected chi connectivity index (χ4v) is 3.08. The highest BCUT2D eigenvalue weighted by Gasteiger charge is 2.34. The average Bonchev–Trinajstić information content (AvgIpc) is 2.57. The Balaban J connectivity index is 1.96. The number of carbonyl (C=O) groups is 2. The summed E-state index contributed by atoms with van der Waals surface area (Å²) in [6.45, 7) is 0.800. The summed E-state index contributed by atoms with van der Waals surface area (Å²) in [4.78, 5) is 26.8. The number of benzene rings is 2. The summed E-state index contributed by atoms with van der Waals surface area (Å²) >= 11 is 17.8. The number of rotatable bonds is 2. The summed E-state index contributed by atoms with van der Waals surface area (Å²) in [6.07, 6.45) is 0. The Morgan fingerprint density at radius 1 is 1.04 bits per heavy atom. The van der Waals surface area contributed by atoms with Crippen molar-refractivity contribution in [1.82, 2.24) is 10.2 Å². The smallest absolute Gasteiger partial charge is 0.254 e. The Kier molecular flexibility index (Phi) is 4.99. The molecule has 1 N–H and O–H groups in total. The fourth-order valence-electron chi connectivity index (χ4n) is 2.66. The Hall–Kier alpha value is -1.75. The van der Waals surface area contributed by atoms with E-state index in [4.69, 9.17) is 34.8 Å². The van der Waals surface area contributed by atoms with E-state index in [1.165, 1.54) is 11.0 Å². The zero-order valence-electron chi connectivity index (χ0n) is 12.4. The van der Waals surface area contributed by atoms with Gasteiger partial charge in [-0.15, -0.1) is 0 Å². The van der Waals surface area contributed by atoms with E-state index in [2.05, 4.69) is 5.32 Å². The molecule has 24 heavy (non-hydrogen) atoms. The lowest BCUT2D eigenvalue weighted by Gasteiger charge is -2.35. The first-order valence-corrected chi connectivity index (χ1v) is 8.40. The van der Waals surface area contributed by atoms with Crippen molar-refractivity contribution in [3.8, 4) is 0 Å². The van der Waals surface area contributed by atoms with E-state index in [9.17, 15) is 9.59 Å². The first-order chi connectivity index (χ1) is 11.5. The van der Waals surface area contributed by atoms with Crippen LogP contribution in [0.3, 0.4) is 0 Å². The maximum absolute atomic E-state index is 12.9. The Bertz CT molecular complexity index is 793. The minimum atomic E-state index is -0.710. The van der Waals surface area contributed by atoms with Crippen LogP contribution in [0.15, 0.2) is 42.5 Å². The first kappa shape index (κ1) is 17.1. The molecule has 0 aromatic heterocycles. The molecule has 1 heterocycles. The number of nitrogens with one attached hydrogen (secondary N) is 1. The summed E-state index contributed by atoms with van der Waals surface area (Å²) in [7, 11) is 0. The minimum Gasteiger partial charge on any atom is -0.352 e. The van der Waals surface area contributed by atoms with Crippen LogP contribution in [0.25, 0.3) is 0 Å². The SMILES string of the molecule is O=C1NCCN(C(=O)c2ccc(Cl)c(Cl)c2)C1c1ccc(Cl)cc1. The topological polar surface area (TPSA) is 49.4 Å². The highest BCUT2D eigenvalue weighted by molar-refractivity contribution is 6.42. The van der Waals surface area contributed by atoms with Crippen LogP contribution < -0.4 is 5.32 Å². The number of hydrogen-bond donors (Lipinski definition) is 1. The second-order valence-corrected chi connectivity index (χ2v) is 6.62. The monoisotopic (exact) mass is 382 g/mol. The summed E-state index contributed by atoms with van der Waals surface area (Å²) in [6, 6.07) is 10.8. The summed E-state index contributed by atoms with van der Waals surface area (Å²) in [5.41, 5.74) is 1.09. The second-order valence-electron chi connectivity index (χ2n) is 5.37. The van der Waals surface area contributed by atoms with Crippen LogP contribution in [0.5, 0.6) is 0 Å². The van der Waals surface area contributed by atoms with E-state index in [1.807, 2.05) is 0 Å². The van der Waals surface area contributed by atoms with Gasteiger partial charge in [-0.3, -0.25) is 9.59 Å². The molecule has 1 atom stereocenters. The molecule has 7 heteroatoms. The molecule has 4 nitrogen and oxygen atoms in total. The van der Waals surface area contributed by atoms with Crippen LogP contribution in [0.4, 0.5) is 0 Å². The number of amides is 2. The van der Waals surface area contributed by atoms with Crippen LogP contribution in [0.2, 0.25) is 15.1 Å². The van der Waals surface area contributed by atoms with Gasteiger partial charge in [-0.1, -0.05) is 46.9 Å². The fraction of sp³-hybridized carbons (Fsp3) is 0.176. The lowest BCUT2D eigenvalue weighted by atomic mass is 10.0. The minimum absolute atomic E-state index is 0.225. The van der Waals surface area contributed by atoms with Gasteiger partial charge in [0.25, 0.3) is 5.91 Å². The molecule has 1 aliphatic heterocycles. The van der Waals surface area contributed by atoms with E-state index in [0.29, 0.717) is 39.3 Å².